The number of hydrogen-bond donors (Lipinski definition) is 4. The summed E-state index contributed by atoms with van der Waals surface area (Å²) in [4.78, 5) is 53.6. The van der Waals surface area contributed by atoms with E-state index in [1.807, 2.05) is 6.92 Å². The molecule has 12 nitrogen and oxygen atoms in total. The number of ether oxygens (including phenoxy) is 1. The summed E-state index contributed by atoms with van der Waals surface area (Å²) in [5, 5.41) is 11.0. The standard InChI is InChI=1S/C21H30N6O6/c1-4-13(2)32-17(28)9-11-24-20(30)25-16-10-12-27(19(16)29)15-7-5-14(6-8-15)18(22)26-33-21(31)23-3/h5-8,13,16H,4,9-12H2,1-3H3,(H2,22,26)(H,23,31)(H2,24,25,30)/t13?,16-/m1/s1. The highest BCUT2D eigenvalue weighted by molar-refractivity contribution is 6.02. The minimum atomic E-state index is -0.745. The third kappa shape index (κ3) is 7.66. The molecule has 4 amide bonds. The van der Waals surface area contributed by atoms with Gasteiger partial charge in [0.25, 0.3) is 0 Å². The molecule has 1 aromatic rings. The molecule has 1 heterocycles. The van der Waals surface area contributed by atoms with E-state index in [9.17, 15) is 19.2 Å². The van der Waals surface area contributed by atoms with Crippen molar-refractivity contribution in [3.05, 3.63) is 29.8 Å². The number of hydrogen-bond acceptors (Lipinski definition) is 7. The van der Waals surface area contributed by atoms with Crippen molar-refractivity contribution in [2.24, 2.45) is 10.9 Å². The lowest BCUT2D eigenvalue weighted by atomic mass is 10.2. The van der Waals surface area contributed by atoms with E-state index in [4.69, 9.17) is 10.5 Å². The number of benzene rings is 1. The molecule has 1 aliphatic heterocycles. The van der Waals surface area contributed by atoms with Crippen LogP contribution in [0.5, 0.6) is 0 Å². The van der Waals surface area contributed by atoms with Crippen LogP contribution in [0.3, 0.4) is 0 Å². The minimum Gasteiger partial charge on any atom is -0.463 e. The Balaban J connectivity index is 1.83. The fourth-order valence-electron chi connectivity index (χ4n) is 2.93. The maximum Gasteiger partial charge on any atom is 0.433 e. The van der Waals surface area contributed by atoms with Crippen LogP contribution in [-0.2, 0) is 19.2 Å². The summed E-state index contributed by atoms with van der Waals surface area (Å²) in [6, 6.07) is 5.44. The van der Waals surface area contributed by atoms with Gasteiger partial charge in [-0.05, 0) is 44.0 Å². The zero-order valence-electron chi connectivity index (χ0n) is 18.9. The van der Waals surface area contributed by atoms with Crippen molar-refractivity contribution < 1.29 is 28.8 Å². The first-order valence-corrected chi connectivity index (χ1v) is 10.6. The molecule has 12 heteroatoms. The lowest BCUT2D eigenvalue weighted by Crippen LogP contribution is -2.46. The van der Waals surface area contributed by atoms with Gasteiger partial charge >= 0.3 is 18.1 Å². The Kier molecular flexibility index (Phi) is 9.45. The second-order valence-electron chi connectivity index (χ2n) is 7.34. The second-order valence-corrected chi connectivity index (χ2v) is 7.34. The zero-order valence-corrected chi connectivity index (χ0v) is 18.9. The number of carbonyl (C=O) groups is 4. The van der Waals surface area contributed by atoms with Gasteiger partial charge in [-0.3, -0.25) is 14.4 Å². The van der Waals surface area contributed by atoms with Gasteiger partial charge in [-0.2, -0.15) is 0 Å². The van der Waals surface area contributed by atoms with E-state index in [1.54, 1.807) is 36.1 Å². The van der Waals surface area contributed by atoms with Gasteiger partial charge in [-0.1, -0.05) is 12.1 Å². The van der Waals surface area contributed by atoms with Crippen LogP contribution >= 0.6 is 0 Å². The number of nitrogens with zero attached hydrogens (tertiary/aromatic N) is 2. The highest BCUT2D eigenvalue weighted by Crippen LogP contribution is 2.22. The molecule has 33 heavy (non-hydrogen) atoms. The Morgan fingerprint density at radius 3 is 2.61 bits per heavy atom. The van der Waals surface area contributed by atoms with E-state index in [0.717, 1.165) is 6.42 Å². The molecule has 2 rings (SSSR count). The molecule has 0 bridgehead atoms. The van der Waals surface area contributed by atoms with Crippen molar-refractivity contribution in [1.29, 1.82) is 0 Å². The van der Waals surface area contributed by atoms with Gasteiger partial charge in [0.2, 0.25) is 5.91 Å². The molecule has 0 spiro atoms. The average Bonchev–Trinajstić information content (AvgIpc) is 3.16. The highest BCUT2D eigenvalue weighted by atomic mass is 16.7. The predicted octanol–water partition coefficient (Wildman–Crippen LogP) is 0.799. The minimum absolute atomic E-state index is 0.00199. The Bertz CT molecular complexity index is 888. The molecule has 1 saturated heterocycles. The van der Waals surface area contributed by atoms with Gasteiger partial charge in [0.05, 0.1) is 12.5 Å². The molecule has 0 radical (unpaired) electrons. The first-order chi connectivity index (χ1) is 15.7. The monoisotopic (exact) mass is 462 g/mol. The maximum absolute atomic E-state index is 12.7. The number of oxime groups is 1. The van der Waals surface area contributed by atoms with Crippen LogP contribution in [0.15, 0.2) is 29.4 Å². The van der Waals surface area contributed by atoms with Gasteiger partial charge in [-0.15, -0.1) is 0 Å². The molecule has 1 aromatic carbocycles. The largest absolute Gasteiger partial charge is 0.463 e. The summed E-state index contributed by atoms with van der Waals surface area (Å²) in [6.45, 7) is 4.25. The maximum atomic E-state index is 12.7. The Morgan fingerprint density at radius 2 is 1.97 bits per heavy atom. The topological polar surface area (TPSA) is 164 Å². The normalized spacial score (nSPS) is 16.7. The lowest BCUT2D eigenvalue weighted by Gasteiger charge is -2.18. The molecule has 0 aliphatic carbocycles. The summed E-state index contributed by atoms with van der Waals surface area (Å²) in [6.07, 6.45) is 0.298. The molecule has 180 valence electrons. The average molecular weight is 463 g/mol. The van der Waals surface area contributed by atoms with Crippen molar-refractivity contribution in [2.75, 3.05) is 25.0 Å². The summed E-state index contributed by atoms with van der Waals surface area (Å²) < 4.78 is 5.14. The SMILES string of the molecule is CCC(C)OC(=O)CCNC(=O)N[C@@H]1CCN(c2ccc(/C(N)=N\OC(=O)NC)cc2)C1=O. The Labute approximate surface area is 191 Å². The Morgan fingerprint density at radius 1 is 1.27 bits per heavy atom. The highest BCUT2D eigenvalue weighted by Gasteiger charge is 2.33. The van der Waals surface area contributed by atoms with Crippen LogP contribution in [0.1, 0.15) is 38.7 Å². The first kappa shape index (κ1) is 25.4. The number of nitrogens with two attached hydrogens (primary N) is 1. The molecule has 2 atom stereocenters. The molecular weight excluding hydrogens is 432 g/mol. The van der Waals surface area contributed by atoms with Crippen LogP contribution in [0.25, 0.3) is 0 Å². The van der Waals surface area contributed by atoms with Crippen molar-refractivity contribution >= 4 is 35.5 Å². The van der Waals surface area contributed by atoms with E-state index in [0.29, 0.717) is 24.2 Å². The quantitative estimate of drug-likeness (QED) is 0.139. The molecule has 1 unspecified atom stereocenters. The van der Waals surface area contributed by atoms with Gasteiger partial charge in [-0.25, -0.2) is 9.59 Å². The summed E-state index contributed by atoms with van der Waals surface area (Å²) >= 11 is 0. The van der Waals surface area contributed by atoms with Crippen LogP contribution in [-0.4, -0.2) is 62.1 Å². The number of amides is 4. The number of amidine groups is 1. The van der Waals surface area contributed by atoms with Crippen molar-refractivity contribution in [3.63, 3.8) is 0 Å². The number of carbonyl (C=O) groups excluding carboxylic acids is 4. The predicted molar refractivity (Wildman–Crippen MR) is 120 cm³/mol. The zero-order chi connectivity index (χ0) is 24.4. The molecule has 1 aliphatic rings. The number of urea groups is 1. The van der Waals surface area contributed by atoms with Crippen LogP contribution in [0.2, 0.25) is 0 Å². The van der Waals surface area contributed by atoms with Gasteiger partial charge in [0, 0.05) is 31.4 Å². The second kappa shape index (κ2) is 12.3. The van der Waals surface area contributed by atoms with Crippen molar-refractivity contribution in [2.45, 2.75) is 45.3 Å². The van der Waals surface area contributed by atoms with Crippen LogP contribution in [0.4, 0.5) is 15.3 Å². The third-order valence-electron chi connectivity index (χ3n) is 4.94. The molecule has 0 aromatic heterocycles. The number of rotatable bonds is 9. The van der Waals surface area contributed by atoms with E-state index < -0.39 is 18.2 Å². The van der Waals surface area contributed by atoms with Gasteiger partial charge < -0.3 is 31.3 Å². The lowest BCUT2D eigenvalue weighted by molar-refractivity contribution is -0.148. The van der Waals surface area contributed by atoms with Crippen LogP contribution < -0.4 is 26.6 Å². The van der Waals surface area contributed by atoms with Crippen LogP contribution in [0, 0.1) is 0 Å². The number of esters is 1. The molecular formula is C21H30N6O6. The smallest absolute Gasteiger partial charge is 0.433 e. The fourth-order valence-corrected chi connectivity index (χ4v) is 2.93. The van der Waals surface area contributed by atoms with E-state index in [-0.39, 0.29) is 36.8 Å². The van der Waals surface area contributed by atoms with Gasteiger partial charge in [0.1, 0.15) is 6.04 Å². The van der Waals surface area contributed by atoms with E-state index in [2.05, 4.69) is 25.9 Å². The van der Waals surface area contributed by atoms with Gasteiger partial charge in [0.15, 0.2) is 5.84 Å². The van der Waals surface area contributed by atoms with E-state index in [1.165, 1.54) is 7.05 Å². The third-order valence-corrected chi connectivity index (χ3v) is 4.94. The summed E-state index contributed by atoms with van der Waals surface area (Å²) in [7, 11) is 1.40. The fraction of sp³-hybridized carbons (Fsp3) is 0.476. The van der Waals surface area contributed by atoms with Crippen molar-refractivity contribution in [1.82, 2.24) is 16.0 Å². The molecule has 1 fully saturated rings. The summed E-state index contributed by atoms with van der Waals surface area (Å²) in [5.74, 6) is -0.636. The molecule has 5 N–H and O–H groups in total. The molecule has 0 saturated carbocycles. The number of anilines is 1. The first-order valence-electron chi connectivity index (χ1n) is 10.6. The van der Waals surface area contributed by atoms with E-state index >= 15 is 0 Å². The van der Waals surface area contributed by atoms with Crippen molar-refractivity contribution in [3.8, 4) is 0 Å². The Hall–Kier alpha value is -3.83. The number of nitrogens with one attached hydrogen (secondary N) is 3. The summed E-state index contributed by atoms with van der Waals surface area (Å²) in [5.41, 5.74) is 6.91.